The van der Waals surface area contributed by atoms with Crippen LogP contribution in [0, 0.1) is 0 Å². The lowest BCUT2D eigenvalue weighted by atomic mass is 10.2. The molecule has 0 saturated heterocycles. The zero-order valence-corrected chi connectivity index (χ0v) is 12.2. The molecular formula is C13H10Cl3NO2. The van der Waals surface area contributed by atoms with Gasteiger partial charge in [0.1, 0.15) is 5.75 Å². The number of aromatic nitrogens is 1. The molecule has 2 aromatic rings. The summed E-state index contributed by atoms with van der Waals surface area (Å²) in [6, 6.07) is 6.43. The van der Waals surface area contributed by atoms with Gasteiger partial charge < -0.3 is 9.84 Å². The number of benzene rings is 1. The summed E-state index contributed by atoms with van der Waals surface area (Å²) in [6.45, 7) is 1.63. The van der Waals surface area contributed by atoms with E-state index in [0.29, 0.717) is 26.4 Å². The average molecular weight is 319 g/mol. The SMILES string of the molecule is CC(O)c1cccnc1Oc1cc(Cl)c(Cl)cc1Cl. The van der Waals surface area contributed by atoms with E-state index in [4.69, 9.17) is 39.5 Å². The van der Waals surface area contributed by atoms with Gasteiger partial charge in [-0.3, -0.25) is 0 Å². The zero-order chi connectivity index (χ0) is 14.0. The Morgan fingerprint density at radius 1 is 1.16 bits per heavy atom. The second-order valence-corrected chi connectivity index (χ2v) is 5.09. The molecule has 1 atom stereocenters. The van der Waals surface area contributed by atoms with E-state index in [1.165, 1.54) is 12.1 Å². The first-order valence-corrected chi connectivity index (χ1v) is 6.58. The molecule has 1 aromatic heterocycles. The van der Waals surface area contributed by atoms with Crippen LogP contribution in [0.5, 0.6) is 11.6 Å². The third-order valence-electron chi connectivity index (χ3n) is 2.43. The number of pyridine rings is 1. The Hall–Kier alpha value is -1.000. The molecular weight excluding hydrogens is 309 g/mol. The van der Waals surface area contributed by atoms with Crippen molar-refractivity contribution in [2.45, 2.75) is 13.0 Å². The van der Waals surface area contributed by atoms with Crippen molar-refractivity contribution in [3.8, 4) is 11.6 Å². The number of aliphatic hydroxyl groups excluding tert-OH is 1. The van der Waals surface area contributed by atoms with Crippen LogP contribution in [0.25, 0.3) is 0 Å². The summed E-state index contributed by atoms with van der Waals surface area (Å²) < 4.78 is 5.59. The van der Waals surface area contributed by atoms with E-state index in [-0.39, 0.29) is 5.88 Å². The molecule has 0 amide bonds. The van der Waals surface area contributed by atoms with Crippen LogP contribution in [0.15, 0.2) is 30.5 Å². The number of aliphatic hydroxyl groups is 1. The van der Waals surface area contributed by atoms with E-state index < -0.39 is 6.10 Å². The van der Waals surface area contributed by atoms with E-state index in [0.717, 1.165) is 0 Å². The lowest BCUT2D eigenvalue weighted by Gasteiger charge is -2.13. The maximum absolute atomic E-state index is 9.65. The number of nitrogens with zero attached hydrogens (tertiary/aromatic N) is 1. The molecule has 0 aliphatic carbocycles. The minimum atomic E-state index is -0.703. The first-order valence-electron chi connectivity index (χ1n) is 5.44. The Balaban J connectivity index is 2.39. The first-order chi connectivity index (χ1) is 8.99. The Kier molecular flexibility index (Phi) is 4.53. The number of hydrogen-bond donors (Lipinski definition) is 1. The Morgan fingerprint density at radius 2 is 1.84 bits per heavy atom. The van der Waals surface area contributed by atoms with Crippen LogP contribution in [0.4, 0.5) is 0 Å². The molecule has 0 aliphatic rings. The standard InChI is InChI=1S/C13H10Cl3NO2/c1-7(18)8-3-2-4-17-13(8)19-12-6-10(15)9(14)5-11(12)16/h2-7,18H,1H3. The van der Waals surface area contributed by atoms with Crippen molar-refractivity contribution in [3.63, 3.8) is 0 Å². The van der Waals surface area contributed by atoms with Gasteiger partial charge in [0.15, 0.2) is 0 Å². The van der Waals surface area contributed by atoms with Gasteiger partial charge in [-0.25, -0.2) is 4.98 Å². The van der Waals surface area contributed by atoms with E-state index in [1.807, 2.05) is 0 Å². The largest absolute Gasteiger partial charge is 0.437 e. The molecule has 100 valence electrons. The van der Waals surface area contributed by atoms with Crippen molar-refractivity contribution in [1.29, 1.82) is 0 Å². The highest BCUT2D eigenvalue weighted by molar-refractivity contribution is 6.43. The summed E-state index contributed by atoms with van der Waals surface area (Å²) in [5.74, 6) is 0.606. The van der Waals surface area contributed by atoms with Gasteiger partial charge in [-0.15, -0.1) is 0 Å². The minimum Gasteiger partial charge on any atom is -0.437 e. The molecule has 0 saturated carbocycles. The molecule has 0 fully saturated rings. The van der Waals surface area contributed by atoms with Crippen LogP contribution in [0.3, 0.4) is 0 Å². The topological polar surface area (TPSA) is 42.4 Å². The van der Waals surface area contributed by atoms with E-state index in [1.54, 1.807) is 25.3 Å². The van der Waals surface area contributed by atoms with E-state index in [2.05, 4.69) is 4.98 Å². The van der Waals surface area contributed by atoms with Gasteiger partial charge in [0.25, 0.3) is 0 Å². The molecule has 0 radical (unpaired) electrons. The highest BCUT2D eigenvalue weighted by Crippen LogP contribution is 2.37. The van der Waals surface area contributed by atoms with E-state index >= 15 is 0 Å². The monoisotopic (exact) mass is 317 g/mol. The van der Waals surface area contributed by atoms with Crippen LogP contribution < -0.4 is 4.74 Å². The quantitative estimate of drug-likeness (QED) is 0.819. The Morgan fingerprint density at radius 3 is 2.53 bits per heavy atom. The van der Waals surface area contributed by atoms with Gasteiger partial charge in [-0.1, -0.05) is 34.8 Å². The van der Waals surface area contributed by atoms with Crippen molar-refractivity contribution in [3.05, 3.63) is 51.1 Å². The molecule has 1 aromatic carbocycles. The van der Waals surface area contributed by atoms with Crippen molar-refractivity contribution in [2.75, 3.05) is 0 Å². The number of halogens is 3. The summed E-state index contributed by atoms with van der Waals surface area (Å²) in [7, 11) is 0. The van der Waals surface area contributed by atoms with Gasteiger partial charge in [0.2, 0.25) is 5.88 Å². The predicted molar refractivity (Wildman–Crippen MR) is 76.4 cm³/mol. The Bertz CT molecular complexity index is 602. The van der Waals surface area contributed by atoms with E-state index in [9.17, 15) is 5.11 Å². The lowest BCUT2D eigenvalue weighted by molar-refractivity contribution is 0.194. The second kappa shape index (κ2) is 5.97. The van der Waals surface area contributed by atoms with Crippen LogP contribution in [-0.4, -0.2) is 10.1 Å². The third kappa shape index (κ3) is 3.31. The number of rotatable bonds is 3. The molecule has 3 nitrogen and oxygen atoms in total. The lowest BCUT2D eigenvalue weighted by Crippen LogP contribution is -1.98. The van der Waals surface area contributed by atoms with Gasteiger partial charge >= 0.3 is 0 Å². The molecule has 0 aliphatic heterocycles. The third-order valence-corrected chi connectivity index (χ3v) is 3.45. The second-order valence-electron chi connectivity index (χ2n) is 3.87. The number of hydrogen-bond acceptors (Lipinski definition) is 3. The number of ether oxygens (including phenoxy) is 1. The smallest absolute Gasteiger partial charge is 0.225 e. The molecule has 0 spiro atoms. The first kappa shape index (κ1) is 14.4. The highest BCUT2D eigenvalue weighted by Gasteiger charge is 2.14. The van der Waals surface area contributed by atoms with Crippen LogP contribution >= 0.6 is 34.8 Å². The van der Waals surface area contributed by atoms with Gasteiger partial charge in [-0.2, -0.15) is 0 Å². The molecule has 19 heavy (non-hydrogen) atoms. The molecule has 1 heterocycles. The fourth-order valence-corrected chi connectivity index (χ4v) is 2.07. The molecule has 6 heteroatoms. The molecule has 0 bridgehead atoms. The van der Waals surface area contributed by atoms with Gasteiger partial charge in [0, 0.05) is 17.8 Å². The fourth-order valence-electron chi connectivity index (χ4n) is 1.49. The van der Waals surface area contributed by atoms with Crippen LogP contribution in [0.2, 0.25) is 15.1 Å². The molecule has 1 N–H and O–H groups in total. The van der Waals surface area contributed by atoms with Gasteiger partial charge in [0.05, 0.1) is 21.2 Å². The fraction of sp³-hybridized carbons (Fsp3) is 0.154. The average Bonchev–Trinajstić information content (AvgIpc) is 2.36. The summed E-state index contributed by atoms with van der Waals surface area (Å²) in [5.41, 5.74) is 0.560. The predicted octanol–water partition coefficient (Wildman–Crippen LogP) is 4.89. The highest BCUT2D eigenvalue weighted by atomic mass is 35.5. The molecule has 2 rings (SSSR count). The zero-order valence-electron chi connectivity index (χ0n) is 9.90. The van der Waals surface area contributed by atoms with Crippen molar-refractivity contribution in [2.24, 2.45) is 0 Å². The molecule has 1 unspecified atom stereocenters. The van der Waals surface area contributed by atoms with Crippen molar-refractivity contribution >= 4 is 34.8 Å². The Labute approximate surface area is 125 Å². The normalized spacial score (nSPS) is 12.3. The maximum atomic E-state index is 9.65. The summed E-state index contributed by atoms with van der Waals surface area (Å²) in [5, 5.41) is 10.6. The van der Waals surface area contributed by atoms with Crippen molar-refractivity contribution < 1.29 is 9.84 Å². The van der Waals surface area contributed by atoms with Crippen LogP contribution in [0.1, 0.15) is 18.6 Å². The summed E-state index contributed by atoms with van der Waals surface area (Å²) in [4.78, 5) is 4.07. The van der Waals surface area contributed by atoms with Crippen LogP contribution in [-0.2, 0) is 0 Å². The maximum Gasteiger partial charge on any atom is 0.225 e. The van der Waals surface area contributed by atoms with Gasteiger partial charge in [-0.05, 0) is 25.1 Å². The summed E-state index contributed by atoms with van der Waals surface area (Å²) >= 11 is 17.8. The van der Waals surface area contributed by atoms with Crippen molar-refractivity contribution in [1.82, 2.24) is 4.98 Å². The minimum absolute atomic E-state index is 0.276. The summed E-state index contributed by atoms with van der Waals surface area (Å²) in [6.07, 6.45) is 0.859.